The second-order valence-electron chi connectivity index (χ2n) is 6.76. The van der Waals surface area contributed by atoms with Crippen molar-refractivity contribution < 1.29 is 0 Å². The molecule has 1 aromatic heterocycles. The maximum atomic E-state index is 4.32. The quantitative estimate of drug-likeness (QED) is 0.272. The summed E-state index contributed by atoms with van der Waals surface area (Å²) in [6.07, 6.45) is 14.4. The minimum absolute atomic E-state index is 0. The fraction of sp³-hybridized carbons (Fsp3) is 0.429. The first-order valence-corrected chi connectivity index (χ1v) is 9.49. The van der Waals surface area contributed by atoms with Crippen LogP contribution in [0.4, 0.5) is 0 Å². The van der Waals surface area contributed by atoms with Gasteiger partial charge in [-0.15, -0.1) is 24.0 Å². The molecule has 0 bridgehead atoms. The molecule has 0 atom stereocenters. The van der Waals surface area contributed by atoms with E-state index >= 15 is 0 Å². The number of halogens is 1. The van der Waals surface area contributed by atoms with Gasteiger partial charge in [0, 0.05) is 39.1 Å². The second kappa shape index (κ2) is 11.8. The monoisotopic (exact) mass is 479 g/mol. The smallest absolute Gasteiger partial charge is 0.191 e. The topological polar surface area (TPSA) is 54.2 Å². The zero-order chi connectivity index (χ0) is 18.0. The van der Waals surface area contributed by atoms with Crippen LogP contribution in [0.3, 0.4) is 0 Å². The molecule has 1 aliphatic carbocycles. The first-order chi connectivity index (χ1) is 12.8. The van der Waals surface area contributed by atoms with E-state index in [1.165, 1.54) is 36.8 Å². The largest absolute Gasteiger partial charge is 0.356 e. The van der Waals surface area contributed by atoms with Crippen LogP contribution in [-0.2, 0) is 13.1 Å². The highest BCUT2D eigenvalue weighted by Crippen LogP contribution is 2.19. The number of aliphatic imine (C=N–C) groups is 1. The Kier molecular flexibility index (Phi) is 9.38. The van der Waals surface area contributed by atoms with E-state index < -0.39 is 0 Å². The second-order valence-corrected chi connectivity index (χ2v) is 6.76. The standard InChI is InChI=1S/C21H29N5.HI/c1-22-21(24-12-11-18-5-3-2-4-6-18)25-15-19-7-9-20(10-8-19)16-26-14-13-23-17-26;/h5,7-10,13-14,17H,2-4,6,11-12,15-16H2,1H3,(H2,22,24,25);1H. The fourth-order valence-corrected chi connectivity index (χ4v) is 3.23. The maximum Gasteiger partial charge on any atom is 0.191 e. The van der Waals surface area contributed by atoms with Gasteiger partial charge in [0.15, 0.2) is 5.96 Å². The van der Waals surface area contributed by atoms with Gasteiger partial charge >= 0.3 is 0 Å². The summed E-state index contributed by atoms with van der Waals surface area (Å²) < 4.78 is 2.07. The molecule has 0 saturated carbocycles. The summed E-state index contributed by atoms with van der Waals surface area (Å²) in [5.41, 5.74) is 4.11. The van der Waals surface area contributed by atoms with Gasteiger partial charge in [-0.05, 0) is 43.2 Å². The SMILES string of the molecule is CN=C(NCCC1=CCCCC1)NCc1ccc(Cn2ccnc2)cc1.I. The average Bonchev–Trinajstić information content (AvgIpc) is 3.19. The van der Waals surface area contributed by atoms with E-state index in [9.17, 15) is 0 Å². The molecule has 3 rings (SSSR count). The molecule has 27 heavy (non-hydrogen) atoms. The van der Waals surface area contributed by atoms with Crippen LogP contribution in [0.15, 0.2) is 59.6 Å². The number of rotatable bonds is 7. The van der Waals surface area contributed by atoms with E-state index in [1.807, 2.05) is 25.8 Å². The average molecular weight is 479 g/mol. The van der Waals surface area contributed by atoms with Crippen LogP contribution in [0.1, 0.15) is 43.2 Å². The van der Waals surface area contributed by atoms with Gasteiger partial charge in [-0.25, -0.2) is 4.98 Å². The van der Waals surface area contributed by atoms with Gasteiger partial charge in [0.1, 0.15) is 0 Å². The van der Waals surface area contributed by atoms with Crippen LogP contribution < -0.4 is 10.6 Å². The van der Waals surface area contributed by atoms with Crippen molar-refractivity contribution in [3.63, 3.8) is 0 Å². The van der Waals surface area contributed by atoms with E-state index in [0.717, 1.165) is 32.0 Å². The molecule has 0 saturated heterocycles. The first-order valence-electron chi connectivity index (χ1n) is 9.49. The summed E-state index contributed by atoms with van der Waals surface area (Å²) in [5.74, 6) is 0.865. The van der Waals surface area contributed by atoms with Crippen molar-refractivity contribution in [2.24, 2.45) is 4.99 Å². The number of nitrogens with zero attached hydrogens (tertiary/aromatic N) is 3. The van der Waals surface area contributed by atoms with Crippen LogP contribution in [0.5, 0.6) is 0 Å². The molecule has 1 aromatic carbocycles. The number of imidazole rings is 1. The van der Waals surface area contributed by atoms with Crippen LogP contribution in [-0.4, -0.2) is 29.1 Å². The minimum atomic E-state index is 0. The van der Waals surface area contributed by atoms with Crippen LogP contribution in [0.2, 0.25) is 0 Å². The molecule has 0 amide bonds. The Bertz CT molecular complexity index is 720. The van der Waals surface area contributed by atoms with Gasteiger partial charge in [0.2, 0.25) is 0 Å². The Hall–Kier alpha value is -1.83. The highest BCUT2D eigenvalue weighted by Gasteiger charge is 2.04. The summed E-state index contributed by atoms with van der Waals surface area (Å²) in [6.45, 7) is 2.57. The van der Waals surface area contributed by atoms with Gasteiger partial charge in [0.25, 0.3) is 0 Å². The van der Waals surface area contributed by atoms with Crippen LogP contribution in [0, 0.1) is 0 Å². The van der Waals surface area contributed by atoms with Crippen molar-refractivity contribution in [2.75, 3.05) is 13.6 Å². The Morgan fingerprint density at radius 3 is 2.63 bits per heavy atom. The van der Waals surface area contributed by atoms with Crippen molar-refractivity contribution >= 4 is 29.9 Å². The molecule has 0 unspecified atom stereocenters. The lowest BCUT2D eigenvalue weighted by atomic mass is 9.97. The zero-order valence-corrected chi connectivity index (χ0v) is 18.4. The Labute approximate surface area is 179 Å². The molecule has 6 heteroatoms. The van der Waals surface area contributed by atoms with Crippen molar-refractivity contribution in [1.82, 2.24) is 20.2 Å². The molecular weight excluding hydrogens is 449 g/mol. The molecule has 1 heterocycles. The van der Waals surface area contributed by atoms with Crippen molar-refractivity contribution in [3.8, 4) is 0 Å². The Morgan fingerprint density at radius 2 is 1.96 bits per heavy atom. The summed E-state index contributed by atoms with van der Waals surface area (Å²) in [6, 6.07) is 8.67. The van der Waals surface area contributed by atoms with Crippen LogP contribution >= 0.6 is 24.0 Å². The van der Waals surface area contributed by atoms with E-state index in [-0.39, 0.29) is 24.0 Å². The fourth-order valence-electron chi connectivity index (χ4n) is 3.23. The summed E-state index contributed by atoms with van der Waals surface area (Å²) >= 11 is 0. The molecule has 2 N–H and O–H groups in total. The van der Waals surface area contributed by atoms with E-state index in [0.29, 0.717) is 0 Å². The predicted octanol–water partition coefficient (Wildman–Crippen LogP) is 4.10. The number of benzene rings is 1. The predicted molar refractivity (Wildman–Crippen MR) is 123 cm³/mol. The van der Waals surface area contributed by atoms with Gasteiger partial charge in [-0.3, -0.25) is 4.99 Å². The molecule has 5 nitrogen and oxygen atoms in total. The van der Waals surface area contributed by atoms with Gasteiger partial charge in [0.05, 0.1) is 6.33 Å². The normalized spacial score (nSPS) is 14.3. The number of allylic oxidation sites excluding steroid dienone is 1. The van der Waals surface area contributed by atoms with Crippen molar-refractivity contribution in [3.05, 3.63) is 65.8 Å². The lowest BCUT2D eigenvalue weighted by Gasteiger charge is -2.15. The first kappa shape index (κ1) is 21.5. The third kappa shape index (κ3) is 7.36. The number of hydrogen-bond donors (Lipinski definition) is 2. The molecule has 1 aliphatic rings. The van der Waals surface area contributed by atoms with Crippen LogP contribution in [0.25, 0.3) is 0 Å². The lowest BCUT2D eigenvalue weighted by Crippen LogP contribution is -2.37. The van der Waals surface area contributed by atoms with Gasteiger partial charge in [-0.2, -0.15) is 0 Å². The molecule has 0 spiro atoms. The highest BCUT2D eigenvalue weighted by molar-refractivity contribution is 14.0. The van der Waals surface area contributed by atoms with Gasteiger partial charge in [-0.1, -0.05) is 35.9 Å². The van der Waals surface area contributed by atoms with Gasteiger partial charge < -0.3 is 15.2 Å². The number of aromatic nitrogens is 2. The number of hydrogen-bond acceptors (Lipinski definition) is 2. The summed E-state index contributed by atoms with van der Waals surface area (Å²) in [5, 5.41) is 6.81. The van der Waals surface area contributed by atoms with Crippen molar-refractivity contribution in [1.29, 1.82) is 0 Å². The third-order valence-corrected chi connectivity index (χ3v) is 4.75. The minimum Gasteiger partial charge on any atom is -0.356 e. The summed E-state index contributed by atoms with van der Waals surface area (Å²) in [7, 11) is 1.82. The number of guanidine groups is 1. The highest BCUT2D eigenvalue weighted by atomic mass is 127. The molecule has 0 fully saturated rings. The molecule has 0 aliphatic heterocycles. The van der Waals surface area contributed by atoms with E-state index in [2.05, 4.69) is 55.5 Å². The third-order valence-electron chi connectivity index (χ3n) is 4.75. The van der Waals surface area contributed by atoms with E-state index in [1.54, 1.807) is 5.57 Å². The Morgan fingerprint density at radius 1 is 1.15 bits per heavy atom. The van der Waals surface area contributed by atoms with Crippen molar-refractivity contribution in [2.45, 2.75) is 45.2 Å². The zero-order valence-electron chi connectivity index (χ0n) is 16.0. The van der Waals surface area contributed by atoms with E-state index in [4.69, 9.17) is 0 Å². The molecule has 2 aromatic rings. The molecule has 0 radical (unpaired) electrons. The summed E-state index contributed by atoms with van der Waals surface area (Å²) in [4.78, 5) is 8.40. The maximum absolute atomic E-state index is 4.32. The Balaban J connectivity index is 0.00000261. The molecular formula is C21H30IN5. The molecule has 146 valence electrons. The lowest BCUT2D eigenvalue weighted by molar-refractivity contribution is 0.665. The number of nitrogens with one attached hydrogen (secondary N) is 2.